The molecule has 0 aliphatic heterocycles. The number of hydrogen-bond donors (Lipinski definition) is 2. The van der Waals surface area contributed by atoms with E-state index in [1.54, 1.807) is 12.1 Å². The minimum Gasteiger partial charge on any atom is -0.317 e. The topological polar surface area (TPSA) is 45.8 Å². The third-order valence-electron chi connectivity index (χ3n) is 2.70. The van der Waals surface area contributed by atoms with E-state index in [0.717, 1.165) is 11.3 Å². The van der Waals surface area contributed by atoms with Gasteiger partial charge < -0.3 is 4.98 Å². The van der Waals surface area contributed by atoms with Crippen molar-refractivity contribution in [1.82, 2.24) is 9.97 Å². The fourth-order valence-corrected chi connectivity index (χ4v) is 2.80. The van der Waals surface area contributed by atoms with Gasteiger partial charge in [0.1, 0.15) is 5.01 Å². The van der Waals surface area contributed by atoms with Gasteiger partial charge in [0.2, 0.25) is 0 Å². The van der Waals surface area contributed by atoms with Crippen molar-refractivity contribution in [2.24, 2.45) is 0 Å². The Morgan fingerprint density at radius 3 is 2.63 bits per heavy atom. The minimum absolute atomic E-state index is 0.165. The Morgan fingerprint density at radius 2 is 1.89 bits per heavy atom. The van der Waals surface area contributed by atoms with E-state index in [1.165, 1.54) is 11.3 Å². The van der Waals surface area contributed by atoms with Crippen molar-refractivity contribution in [2.45, 2.75) is 5.03 Å². The van der Waals surface area contributed by atoms with Gasteiger partial charge in [-0.25, -0.2) is 4.98 Å². The van der Waals surface area contributed by atoms with Crippen LogP contribution in [0.4, 0.5) is 0 Å². The summed E-state index contributed by atoms with van der Waals surface area (Å²) in [5, 5.41) is 3.22. The van der Waals surface area contributed by atoms with Crippen LogP contribution in [0.2, 0.25) is 0 Å². The van der Waals surface area contributed by atoms with Crippen LogP contribution in [0.25, 0.3) is 21.8 Å². The lowest BCUT2D eigenvalue weighted by atomic mass is 10.2. The maximum absolute atomic E-state index is 11.8. The molecule has 0 radical (unpaired) electrons. The molecular formula is C14H10N2OS2. The number of thiol groups is 1. The Balaban J connectivity index is 2.04. The van der Waals surface area contributed by atoms with Crippen LogP contribution in [0.15, 0.2) is 57.7 Å². The summed E-state index contributed by atoms with van der Waals surface area (Å²) in [7, 11) is 0. The number of H-pyrrole nitrogens is 1. The van der Waals surface area contributed by atoms with Gasteiger partial charge in [-0.3, -0.25) is 4.79 Å². The van der Waals surface area contributed by atoms with Gasteiger partial charge in [0.05, 0.1) is 16.3 Å². The van der Waals surface area contributed by atoms with Gasteiger partial charge in [-0.2, -0.15) is 0 Å². The first-order chi connectivity index (χ1) is 9.24. The molecule has 94 valence electrons. The maximum atomic E-state index is 11.8. The molecule has 2 heterocycles. The third-order valence-corrected chi connectivity index (χ3v) is 3.83. The van der Waals surface area contributed by atoms with Crippen LogP contribution in [0, 0.1) is 0 Å². The van der Waals surface area contributed by atoms with Crippen LogP contribution < -0.4 is 5.56 Å². The molecule has 0 bridgehead atoms. The first-order valence-corrected chi connectivity index (χ1v) is 7.00. The van der Waals surface area contributed by atoms with Crippen LogP contribution in [0.5, 0.6) is 0 Å². The monoisotopic (exact) mass is 286 g/mol. The quantitative estimate of drug-likeness (QED) is 0.709. The molecule has 5 heteroatoms. The smallest absolute Gasteiger partial charge is 0.259 e. The number of rotatable bonds is 2. The van der Waals surface area contributed by atoms with Crippen molar-refractivity contribution in [3.05, 3.63) is 58.2 Å². The lowest BCUT2D eigenvalue weighted by Crippen LogP contribution is -2.08. The number of nitrogens with zero attached hydrogens (tertiary/aromatic N) is 1. The van der Waals surface area contributed by atoms with E-state index in [0.29, 0.717) is 15.6 Å². The van der Waals surface area contributed by atoms with Crippen molar-refractivity contribution >= 4 is 24.0 Å². The molecule has 0 fully saturated rings. The van der Waals surface area contributed by atoms with Crippen LogP contribution in [0.3, 0.4) is 0 Å². The zero-order valence-corrected chi connectivity index (χ0v) is 11.5. The minimum atomic E-state index is -0.165. The zero-order valence-electron chi connectivity index (χ0n) is 9.83. The highest BCUT2D eigenvalue weighted by Gasteiger charge is 2.09. The number of hydrogen-bond acceptors (Lipinski definition) is 4. The summed E-state index contributed by atoms with van der Waals surface area (Å²) in [6.45, 7) is 0. The first-order valence-electron chi connectivity index (χ1n) is 5.67. The van der Waals surface area contributed by atoms with Crippen LogP contribution in [-0.2, 0) is 0 Å². The number of nitrogens with one attached hydrogen (secondary N) is 1. The molecule has 19 heavy (non-hydrogen) atoms. The van der Waals surface area contributed by atoms with E-state index < -0.39 is 0 Å². The van der Waals surface area contributed by atoms with Gasteiger partial charge in [-0.1, -0.05) is 30.3 Å². The number of aromatic nitrogens is 2. The average molecular weight is 286 g/mol. The predicted molar refractivity (Wildman–Crippen MR) is 80.9 cm³/mol. The summed E-state index contributed by atoms with van der Waals surface area (Å²) >= 11 is 5.57. The summed E-state index contributed by atoms with van der Waals surface area (Å²) in [4.78, 5) is 19.0. The summed E-state index contributed by atoms with van der Waals surface area (Å²) < 4.78 is 0. The Kier molecular flexibility index (Phi) is 3.23. The van der Waals surface area contributed by atoms with Gasteiger partial charge in [-0.05, 0) is 12.1 Å². The highest BCUT2D eigenvalue weighted by Crippen LogP contribution is 2.26. The zero-order chi connectivity index (χ0) is 13.2. The van der Waals surface area contributed by atoms with E-state index in [4.69, 9.17) is 0 Å². The van der Waals surface area contributed by atoms with Crippen molar-refractivity contribution in [1.29, 1.82) is 0 Å². The summed E-state index contributed by atoms with van der Waals surface area (Å²) in [5.41, 5.74) is 2.34. The number of aromatic amines is 1. The fraction of sp³-hybridized carbons (Fsp3) is 0. The molecule has 2 aromatic heterocycles. The lowest BCUT2D eigenvalue weighted by Gasteiger charge is -1.97. The van der Waals surface area contributed by atoms with Gasteiger partial charge in [0.15, 0.2) is 0 Å². The molecule has 3 nitrogen and oxygen atoms in total. The molecule has 0 atom stereocenters. The van der Waals surface area contributed by atoms with Gasteiger partial charge >= 0.3 is 0 Å². The van der Waals surface area contributed by atoms with E-state index in [1.807, 2.05) is 35.7 Å². The number of pyridine rings is 1. The highest BCUT2D eigenvalue weighted by molar-refractivity contribution is 7.80. The van der Waals surface area contributed by atoms with Gasteiger partial charge in [0, 0.05) is 10.9 Å². The molecule has 0 amide bonds. The predicted octanol–water partition coefficient (Wildman–Crippen LogP) is 3.45. The van der Waals surface area contributed by atoms with Crippen LogP contribution >= 0.6 is 24.0 Å². The molecule has 1 aromatic carbocycles. The van der Waals surface area contributed by atoms with Crippen molar-refractivity contribution in [3.63, 3.8) is 0 Å². The third kappa shape index (κ3) is 2.47. The maximum Gasteiger partial charge on any atom is 0.259 e. The van der Waals surface area contributed by atoms with E-state index >= 15 is 0 Å². The molecule has 3 aromatic rings. The normalized spacial score (nSPS) is 10.6. The number of benzene rings is 1. The Bertz CT molecular complexity index is 762. The van der Waals surface area contributed by atoms with E-state index in [2.05, 4.69) is 22.6 Å². The molecule has 0 saturated carbocycles. The number of thiazole rings is 1. The fourth-order valence-electron chi connectivity index (χ4n) is 1.77. The first kappa shape index (κ1) is 12.2. The van der Waals surface area contributed by atoms with Gasteiger partial charge in [0.25, 0.3) is 5.56 Å². The molecule has 3 rings (SSSR count). The second-order valence-electron chi connectivity index (χ2n) is 3.99. The summed E-state index contributed by atoms with van der Waals surface area (Å²) in [6, 6.07) is 13.4. The standard InChI is InChI=1S/C14H10N2OS2/c17-13-10(6-7-12(18)16-13)14-15-11(8-19-14)9-4-2-1-3-5-9/h1-8H,(H2,16,17,18). The van der Waals surface area contributed by atoms with Crippen molar-refractivity contribution < 1.29 is 0 Å². The highest BCUT2D eigenvalue weighted by atomic mass is 32.1. The molecule has 1 N–H and O–H groups in total. The second-order valence-corrected chi connectivity index (χ2v) is 5.33. The lowest BCUT2D eigenvalue weighted by molar-refractivity contribution is 1.09. The molecule has 0 unspecified atom stereocenters. The SMILES string of the molecule is O=c1[nH]c(S)ccc1-c1nc(-c2ccccc2)cs1. The van der Waals surface area contributed by atoms with Crippen molar-refractivity contribution in [3.8, 4) is 21.8 Å². The molecule has 0 aliphatic rings. The van der Waals surface area contributed by atoms with Crippen LogP contribution in [-0.4, -0.2) is 9.97 Å². The molecule has 0 aliphatic carbocycles. The largest absolute Gasteiger partial charge is 0.317 e. The van der Waals surface area contributed by atoms with Crippen LogP contribution in [0.1, 0.15) is 0 Å². The summed E-state index contributed by atoms with van der Waals surface area (Å²) in [6.07, 6.45) is 0. The molecule has 0 spiro atoms. The van der Waals surface area contributed by atoms with E-state index in [-0.39, 0.29) is 5.56 Å². The second kappa shape index (κ2) is 5.03. The Labute approximate surface area is 119 Å². The Hall–Kier alpha value is -1.85. The average Bonchev–Trinajstić information content (AvgIpc) is 2.89. The van der Waals surface area contributed by atoms with Crippen molar-refractivity contribution in [2.75, 3.05) is 0 Å². The summed E-state index contributed by atoms with van der Waals surface area (Å²) in [5.74, 6) is 0. The molecule has 0 saturated heterocycles. The van der Waals surface area contributed by atoms with E-state index in [9.17, 15) is 4.79 Å². The molecular weight excluding hydrogens is 276 g/mol. The Morgan fingerprint density at radius 1 is 1.11 bits per heavy atom. The van der Waals surface area contributed by atoms with Gasteiger partial charge in [-0.15, -0.1) is 24.0 Å².